The molecule has 0 aliphatic carbocycles. The maximum absolute atomic E-state index is 6.24. The zero-order chi connectivity index (χ0) is 21.9. The molecule has 1 aliphatic rings. The number of hydrogen-bond acceptors (Lipinski definition) is 7. The van der Waals surface area contributed by atoms with Crippen molar-refractivity contribution in [2.75, 3.05) is 25.4 Å². The molecule has 3 aromatic heterocycles. The molecule has 8 heteroatoms. The molecular formula is C24H23BrN6O. The van der Waals surface area contributed by atoms with Gasteiger partial charge in [0.15, 0.2) is 5.65 Å². The van der Waals surface area contributed by atoms with Crippen molar-refractivity contribution in [2.45, 2.75) is 18.9 Å². The second kappa shape index (κ2) is 9.28. The van der Waals surface area contributed by atoms with Crippen LogP contribution in [0.1, 0.15) is 22.9 Å². The van der Waals surface area contributed by atoms with Crippen LogP contribution in [0.3, 0.4) is 0 Å². The Morgan fingerprint density at radius 1 is 1.09 bits per heavy atom. The van der Waals surface area contributed by atoms with Gasteiger partial charge in [0, 0.05) is 29.3 Å². The summed E-state index contributed by atoms with van der Waals surface area (Å²) >= 11 is 3.50. The van der Waals surface area contributed by atoms with Crippen molar-refractivity contribution in [3.63, 3.8) is 0 Å². The second-order valence-electron chi connectivity index (χ2n) is 7.75. The monoisotopic (exact) mass is 490 g/mol. The third-order valence-corrected chi connectivity index (χ3v) is 6.19. The summed E-state index contributed by atoms with van der Waals surface area (Å²) in [6, 6.07) is 14.4. The molecule has 1 atom stereocenters. The zero-order valence-corrected chi connectivity index (χ0v) is 19.0. The van der Waals surface area contributed by atoms with Crippen LogP contribution in [0.2, 0.25) is 0 Å². The maximum atomic E-state index is 6.24. The SMILES string of the molecule is Nc1ncnc2nc(-c3cccnc3C3CNCCO3)cc(CCc3ccc(Br)cc3)c12. The van der Waals surface area contributed by atoms with Crippen LogP contribution in [0.15, 0.2) is 59.5 Å². The fourth-order valence-corrected chi connectivity index (χ4v) is 4.33. The molecule has 0 spiro atoms. The molecule has 4 aromatic rings. The van der Waals surface area contributed by atoms with Gasteiger partial charge < -0.3 is 15.8 Å². The Balaban J connectivity index is 1.57. The molecule has 1 aliphatic heterocycles. The number of pyridine rings is 2. The van der Waals surface area contributed by atoms with E-state index in [1.54, 1.807) is 6.20 Å². The predicted molar refractivity (Wildman–Crippen MR) is 128 cm³/mol. The van der Waals surface area contributed by atoms with Gasteiger partial charge in [-0.05, 0) is 54.3 Å². The van der Waals surface area contributed by atoms with Crippen molar-refractivity contribution >= 4 is 32.8 Å². The lowest BCUT2D eigenvalue weighted by molar-refractivity contribution is 0.0254. The highest BCUT2D eigenvalue weighted by Crippen LogP contribution is 2.32. The van der Waals surface area contributed by atoms with Crippen molar-refractivity contribution < 1.29 is 4.74 Å². The molecular weight excluding hydrogens is 468 g/mol. The summed E-state index contributed by atoms with van der Waals surface area (Å²) in [6.45, 7) is 2.24. The Morgan fingerprint density at radius 3 is 2.78 bits per heavy atom. The minimum absolute atomic E-state index is 0.112. The van der Waals surface area contributed by atoms with E-state index in [9.17, 15) is 0 Å². The van der Waals surface area contributed by atoms with Crippen LogP contribution >= 0.6 is 15.9 Å². The van der Waals surface area contributed by atoms with Crippen molar-refractivity contribution in [3.8, 4) is 11.3 Å². The molecule has 1 saturated heterocycles. The number of ether oxygens (including phenoxy) is 1. The number of nitrogens with one attached hydrogen (secondary N) is 1. The van der Waals surface area contributed by atoms with E-state index < -0.39 is 0 Å². The molecule has 32 heavy (non-hydrogen) atoms. The van der Waals surface area contributed by atoms with Crippen LogP contribution in [0.4, 0.5) is 5.82 Å². The van der Waals surface area contributed by atoms with Gasteiger partial charge in [-0.15, -0.1) is 0 Å². The van der Waals surface area contributed by atoms with Crippen molar-refractivity contribution in [3.05, 3.63) is 76.3 Å². The minimum Gasteiger partial charge on any atom is -0.383 e. The predicted octanol–water partition coefficient (Wildman–Crippen LogP) is 3.88. The molecule has 4 heterocycles. The van der Waals surface area contributed by atoms with Gasteiger partial charge >= 0.3 is 0 Å². The summed E-state index contributed by atoms with van der Waals surface area (Å²) in [7, 11) is 0. The summed E-state index contributed by atoms with van der Waals surface area (Å²) < 4.78 is 7.04. The Morgan fingerprint density at radius 2 is 1.97 bits per heavy atom. The number of aryl methyl sites for hydroxylation is 2. The summed E-state index contributed by atoms with van der Waals surface area (Å²) in [6.07, 6.45) is 4.81. The van der Waals surface area contributed by atoms with E-state index in [0.717, 1.165) is 58.3 Å². The number of anilines is 1. The lowest BCUT2D eigenvalue weighted by Crippen LogP contribution is -2.34. The van der Waals surface area contributed by atoms with E-state index >= 15 is 0 Å². The number of nitrogens with zero attached hydrogens (tertiary/aromatic N) is 4. The van der Waals surface area contributed by atoms with Crippen LogP contribution < -0.4 is 11.1 Å². The Kier molecular flexibility index (Phi) is 6.07. The third-order valence-electron chi connectivity index (χ3n) is 5.66. The van der Waals surface area contributed by atoms with Gasteiger partial charge in [0.1, 0.15) is 18.2 Å². The standard InChI is InChI=1S/C24H23BrN6O/c25-17-7-4-15(5-8-17)3-6-16-12-19(31-24-21(16)23(26)29-14-30-24)18-2-1-9-28-22(18)20-13-27-10-11-32-20/h1-2,4-5,7-9,12,14,20,27H,3,6,10-11,13H2,(H2,26,29,30,31). The van der Waals surface area contributed by atoms with Crippen LogP contribution in [-0.2, 0) is 17.6 Å². The lowest BCUT2D eigenvalue weighted by atomic mass is 9.98. The third kappa shape index (κ3) is 4.34. The average molecular weight is 491 g/mol. The molecule has 5 rings (SSSR count). The fraction of sp³-hybridized carbons (Fsp3) is 0.250. The number of hydrogen-bond donors (Lipinski definition) is 2. The highest BCUT2D eigenvalue weighted by Gasteiger charge is 2.22. The first-order valence-corrected chi connectivity index (χ1v) is 11.4. The molecule has 1 fully saturated rings. The highest BCUT2D eigenvalue weighted by atomic mass is 79.9. The van der Waals surface area contributed by atoms with Gasteiger partial charge in [0.25, 0.3) is 0 Å². The number of rotatable bonds is 5. The number of fused-ring (bicyclic) bond motifs is 1. The zero-order valence-electron chi connectivity index (χ0n) is 17.5. The number of nitrogens with two attached hydrogens (primary N) is 1. The van der Waals surface area contributed by atoms with E-state index in [0.29, 0.717) is 18.1 Å². The van der Waals surface area contributed by atoms with Gasteiger partial charge in [-0.25, -0.2) is 15.0 Å². The molecule has 162 valence electrons. The molecule has 1 aromatic carbocycles. The van der Waals surface area contributed by atoms with Gasteiger partial charge in [-0.3, -0.25) is 4.98 Å². The molecule has 0 bridgehead atoms. The first-order chi connectivity index (χ1) is 15.7. The molecule has 0 radical (unpaired) electrons. The first kappa shape index (κ1) is 20.9. The number of aromatic nitrogens is 4. The Labute approximate surface area is 194 Å². The number of benzene rings is 1. The summed E-state index contributed by atoms with van der Waals surface area (Å²) in [5, 5.41) is 4.19. The number of nitrogen functional groups attached to an aromatic ring is 1. The van der Waals surface area contributed by atoms with E-state index in [1.807, 2.05) is 12.1 Å². The van der Waals surface area contributed by atoms with Crippen molar-refractivity contribution in [1.29, 1.82) is 0 Å². The van der Waals surface area contributed by atoms with E-state index in [2.05, 4.69) is 66.5 Å². The minimum atomic E-state index is -0.112. The van der Waals surface area contributed by atoms with Crippen molar-refractivity contribution in [1.82, 2.24) is 25.3 Å². The maximum Gasteiger partial charge on any atom is 0.165 e. The summed E-state index contributed by atoms with van der Waals surface area (Å²) in [5.41, 5.74) is 11.8. The van der Waals surface area contributed by atoms with Crippen LogP contribution in [0.25, 0.3) is 22.3 Å². The second-order valence-corrected chi connectivity index (χ2v) is 8.67. The normalized spacial score (nSPS) is 16.3. The fourth-order valence-electron chi connectivity index (χ4n) is 4.06. The molecule has 0 amide bonds. The van der Waals surface area contributed by atoms with Gasteiger partial charge in [0.2, 0.25) is 0 Å². The smallest absolute Gasteiger partial charge is 0.165 e. The van der Waals surface area contributed by atoms with Crippen LogP contribution in [0, 0.1) is 0 Å². The topological polar surface area (TPSA) is 98.8 Å². The molecule has 3 N–H and O–H groups in total. The van der Waals surface area contributed by atoms with Gasteiger partial charge in [-0.1, -0.05) is 28.1 Å². The van der Waals surface area contributed by atoms with E-state index in [1.165, 1.54) is 11.9 Å². The lowest BCUT2D eigenvalue weighted by Gasteiger charge is -2.24. The molecule has 7 nitrogen and oxygen atoms in total. The van der Waals surface area contributed by atoms with Crippen LogP contribution in [0.5, 0.6) is 0 Å². The van der Waals surface area contributed by atoms with Crippen molar-refractivity contribution in [2.24, 2.45) is 0 Å². The molecule has 1 unspecified atom stereocenters. The number of halogens is 1. The Bertz CT molecular complexity index is 1240. The summed E-state index contributed by atoms with van der Waals surface area (Å²) in [5.74, 6) is 0.450. The van der Waals surface area contributed by atoms with E-state index in [4.69, 9.17) is 15.5 Å². The highest BCUT2D eigenvalue weighted by molar-refractivity contribution is 9.10. The van der Waals surface area contributed by atoms with Crippen LogP contribution in [-0.4, -0.2) is 39.6 Å². The van der Waals surface area contributed by atoms with Gasteiger partial charge in [-0.2, -0.15) is 0 Å². The largest absolute Gasteiger partial charge is 0.383 e. The van der Waals surface area contributed by atoms with E-state index in [-0.39, 0.29) is 6.10 Å². The molecule has 0 saturated carbocycles. The summed E-state index contributed by atoms with van der Waals surface area (Å²) in [4.78, 5) is 18.1. The average Bonchev–Trinajstić information content (AvgIpc) is 2.84. The van der Waals surface area contributed by atoms with Gasteiger partial charge in [0.05, 0.1) is 23.4 Å². The first-order valence-electron chi connectivity index (χ1n) is 10.6. The number of morpholine rings is 1. The quantitative estimate of drug-likeness (QED) is 0.437. The Hall–Kier alpha value is -2.94.